The van der Waals surface area contributed by atoms with Gasteiger partial charge in [-0.3, -0.25) is 24.0 Å². The third-order valence-corrected chi connectivity index (χ3v) is 4.31. The summed E-state index contributed by atoms with van der Waals surface area (Å²) in [6.45, 7) is 4.00. The Hall–Kier alpha value is -3.67. The van der Waals surface area contributed by atoms with E-state index < -0.39 is 66.9 Å². The van der Waals surface area contributed by atoms with Crippen molar-refractivity contribution >= 4 is 30.2 Å². The Kier molecular flexibility index (Phi) is 8.74. The standard InChI is InChI=1S/C21H24O12/c1-10(23)28-9-17-18(29-11(2)24)19(30-12(3)25)20(31-13(4)26)21(33-17)32-16-6-5-14(8-22)7-15(16)27/h5-8,17-21,27H,9H2,1-4H3/t17-,18-,19-,20-,21+/m0/s1. The molecular formula is C21H24O12. The van der Waals surface area contributed by atoms with E-state index in [1.54, 1.807) is 0 Å². The lowest BCUT2D eigenvalue weighted by Crippen LogP contribution is -2.63. The maximum Gasteiger partial charge on any atom is 0.303 e. The Labute approximate surface area is 188 Å². The molecule has 1 heterocycles. The predicted molar refractivity (Wildman–Crippen MR) is 106 cm³/mol. The van der Waals surface area contributed by atoms with Crippen LogP contribution in [0.5, 0.6) is 11.5 Å². The van der Waals surface area contributed by atoms with E-state index in [1.165, 1.54) is 12.1 Å². The van der Waals surface area contributed by atoms with Gasteiger partial charge in [-0.2, -0.15) is 0 Å². The number of phenolic OH excluding ortho intramolecular Hbond substituents is 1. The van der Waals surface area contributed by atoms with Crippen molar-refractivity contribution in [2.45, 2.75) is 58.4 Å². The summed E-state index contributed by atoms with van der Waals surface area (Å²) in [5.41, 5.74) is 0.168. The van der Waals surface area contributed by atoms with Crippen molar-refractivity contribution in [3.05, 3.63) is 23.8 Å². The van der Waals surface area contributed by atoms with Crippen molar-refractivity contribution in [3.63, 3.8) is 0 Å². The number of carbonyl (C=O) groups excluding carboxylic acids is 5. The second-order valence-electron chi connectivity index (χ2n) is 7.03. The molecule has 1 N–H and O–H groups in total. The van der Waals surface area contributed by atoms with Gasteiger partial charge in [-0.05, 0) is 18.2 Å². The SMILES string of the molecule is CC(=O)OC[C@@H]1O[C@@H](Oc2ccc(C=O)cc2O)[C@@H](OC(C)=O)[C@@H](OC(C)=O)[C@H]1OC(C)=O. The molecule has 33 heavy (non-hydrogen) atoms. The Morgan fingerprint density at radius 1 is 0.909 bits per heavy atom. The van der Waals surface area contributed by atoms with Crippen molar-refractivity contribution in [2.24, 2.45) is 0 Å². The first kappa shape index (κ1) is 25.6. The number of benzene rings is 1. The average molecular weight is 468 g/mol. The first-order valence-corrected chi connectivity index (χ1v) is 9.77. The number of ether oxygens (including phenoxy) is 6. The number of esters is 4. The smallest absolute Gasteiger partial charge is 0.303 e. The molecule has 2 rings (SSSR count). The zero-order chi connectivity index (χ0) is 24.7. The second kappa shape index (κ2) is 11.3. The molecule has 1 saturated heterocycles. The fourth-order valence-corrected chi connectivity index (χ4v) is 3.12. The van der Waals surface area contributed by atoms with Gasteiger partial charge < -0.3 is 33.5 Å². The van der Waals surface area contributed by atoms with E-state index in [-0.39, 0.29) is 11.3 Å². The van der Waals surface area contributed by atoms with Crippen LogP contribution in [0.15, 0.2) is 18.2 Å². The molecule has 1 aliphatic heterocycles. The minimum absolute atomic E-state index is 0.151. The summed E-state index contributed by atoms with van der Waals surface area (Å²) >= 11 is 0. The van der Waals surface area contributed by atoms with Crippen LogP contribution < -0.4 is 4.74 Å². The fraction of sp³-hybridized carbons (Fsp3) is 0.476. The summed E-state index contributed by atoms with van der Waals surface area (Å²) < 4.78 is 32.2. The van der Waals surface area contributed by atoms with E-state index in [0.29, 0.717) is 6.29 Å². The van der Waals surface area contributed by atoms with Gasteiger partial charge in [-0.25, -0.2) is 0 Å². The fourth-order valence-electron chi connectivity index (χ4n) is 3.12. The summed E-state index contributed by atoms with van der Waals surface area (Å²) in [7, 11) is 0. The summed E-state index contributed by atoms with van der Waals surface area (Å²) in [4.78, 5) is 57.5. The second-order valence-corrected chi connectivity index (χ2v) is 7.03. The maximum absolute atomic E-state index is 11.8. The van der Waals surface area contributed by atoms with E-state index in [0.717, 1.165) is 33.8 Å². The molecule has 1 aromatic rings. The molecule has 5 atom stereocenters. The summed E-state index contributed by atoms with van der Waals surface area (Å²) in [5, 5.41) is 10.2. The number of rotatable bonds is 8. The summed E-state index contributed by atoms with van der Waals surface area (Å²) in [5.74, 6) is -3.59. The molecule has 0 aliphatic carbocycles. The molecule has 12 nitrogen and oxygen atoms in total. The molecule has 0 saturated carbocycles. The lowest BCUT2D eigenvalue weighted by Gasteiger charge is -2.43. The highest BCUT2D eigenvalue weighted by atomic mass is 16.7. The van der Waals surface area contributed by atoms with Crippen LogP contribution in [0, 0.1) is 0 Å². The van der Waals surface area contributed by atoms with Gasteiger partial charge in [-0.1, -0.05) is 0 Å². The molecule has 0 radical (unpaired) electrons. The van der Waals surface area contributed by atoms with Gasteiger partial charge in [0.25, 0.3) is 0 Å². The van der Waals surface area contributed by atoms with Gasteiger partial charge in [0, 0.05) is 33.3 Å². The predicted octanol–water partition coefficient (Wildman–Crippen LogP) is 0.667. The van der Waals surface area contributed by atoms with Crippen molar-refractivity contribution < 1.29 is 57.5 Å². The van der Waals surface area contributed by atoms with Crippen LogP contribution in [0.25, 0.3) is 0 Å². The zero-order valence-corrected chi connectivity index (χ0v) is 18.3. The maximum atomic E-state index is 11.8. The van der Waals surface area contributed by atoms with Crippen LogP contribution in [0.2, 0.25) is 0 Å². The molecule has 0 spiro atoms. The number of phenols is 1. The molecule has 1 aliphatic rings. The van der Waals surface area contributed by atoms with Gasteiger partial charge >= 0.3 is 23.9 Å². The first-order valence-electron chi connectivity index (χ1n) is 9.77. The molecule has 0 bridgehead atoms. The van der Waals surface area contributed by atoms with Gasteiger partial charge in [0.1, 0.15) is 19.0 Å². The minimum Gasteiger partial charge on any atom is -0.504 e. The number of hydrogen-bond donors (Lipinski definition) is 1. The van der Waals surface area contributed by atoms with E-state index in [2.05, 4.69) is 0 Å². The lowest BCUT2D eigenvalue weighted by atomic mass is 9.98. The van der Waals surface area contributed by atoms with E-state index in [9.17, 15) is 29.1 Å². The topological polar surface area (TPSA) is 161 Å². The summed E-state index contributed by atoms with van der Waals surface area (Å²) in [6.07, 6.45) is -6.38. The van der Waals surface area contributed by atoms with Crippen LogP contribution in [0.1, 0.15) is 38.1 Å². The lowest BCUT2D eigenvalue weighted by molar-refractivity contribution is -0.288. The van der Waals surface area contributed by atoms with Crippen LogP contribution >= 0.6 is 0 Å². The Balaban J connectivity index is 2.48. The zero-order valence-electron chi connectivity index (χ0n) is 18.3. The first-order chi connectivity index (χ1) is 15.5. The van der Waals surface area contributed by atoms with E-state index in [1.807, 2.05) is 0 Å². The van der Waals surface area contributed by atoms with Gasteiger partial charge in [0.2, 0.25) is 12.4 Å². The highest BCUT2D eigenvalue weighted by Gasteiger charge is 2.53. The van der Waals surface area contributed by atoms with Crippen LogP contribution in [-0.2, 0) is 42.9 Å². The van der Waals surface area contributed by atoms with Crippen molar-refractivity contribution in [3.8, 4) is 11.5 Å². The normalized spacial score (nSPS) is 24.2. The third kappa shape index (κ3) is 7.17. The highest BCUT2D eigenvalue weighted by Crippen LogP contribution is 2.34. The number of aldehydes is 1. The molecule has 0 aromatic heterocycles. The van der Waals surface area contributed by atoms with E-state index >= 15 is 0 Å². The molecule has 1 fully saturated rings. The van der Waals surface area contributed by atoms with E-state index in [4.69, 9.17) is 28.4 Å². The highest BCUT2D eigenvalue weighted by molar-refractivity contribution is 5.76. The molecular weight excluding hydrogens is 444 g/mol. The molecule has 0 amide bonds. The van der Waals surface area contributed by atoms with Crippen LogP contribution in [0.3, 0.4) is 0 Å². The number of hydrogen-bond acceptors (Lipinski definition) is 12. The summed E-state index contributed by atoms with van der Waals surface area (Å²) in [6, 6.07) is 3.76. The Bertz CT molecular complexity index is 911. The molecule has 0 unspecified atom stereocenters. The van der Waals surface area contributed by atoms with Gasteiger partial charge in [-0.15, -0.1) is 0 Å². The van der Waals surface area contributed by atoms with Crippen molar-refractivity contribution in [2.75, 3.05) is 6.61 Å². The average Bonchev–Trinajstić information content (AvgIpc) is 2.71. The molecule has 1 aromatic carbocycles. The largest absolute Gasteiger partial charge is 0.504 e. The molecule has 180 valence electrons. The van der Waals surface area contributed by atoms with Crippen LogP contribution in [0.4, 0.5) is 0 Å². The third-order valence-electron chi connectivity index (χ3n) is 4.31. The molecule has 12 heteroatoms. The van der Waals surface area contributed by atoms with Crippen LogP contribution in [-0.4, -0.2) is 72.6 Å². The Morgan fingerprint density at radius 2 is 1.48 bits per heavy atom. The number of carbonyl (C=O) groups is 5. The van der Waals surface area contributed by atoms with Crippen molar-refractivity contribution in [1.29, 1.82) is 0 Å². The minimum atomic E-state index is -1.50. The Morgan fingerprint density at radius 3 is 2.00 bits per heavy atom. The number of aromatic hydroxyl groups is 1. The van der Waals surface area contributed by atoms with Gasteiger partial charge in [0.05, 0.1) is 0 Å². The monoisotopic (exact) mass is 468 g/mol. The quantitative estimate of drug-likeness (QED) is 0.323. The van der Waals surface area contributed by atoms with Crippen molar-refractivity contribution in [1.82, 2.24) is 0 Å². The van der Waals surface area contributed by atoms with Gasteiger partial charge in [0.15, 0.2) is 23.7 Å².